The van der Waals surface area contributed by atoms with Gasteiger partial charge in [-0.3, -0.25) is 0 Å². The molecular formula is C11H8ClNO3. The Hall–Kier alpha value is -1.81. The van der Waals surface area contributed by atoms with Gasteiger partial charge in [-0.05, 0) is 19.1 Å². The molecule has 0 radical (unpaired) electrons. The van der Waals surface area contributed by atoms with Crippen molar-refractivity contribution in [2.24, 2.45) is 0 Å². The van der Waals surface area contributed by atoms with E-state index in [0.29, 0.717) is 16.3 Å². The molecule has 0 spiro atoms. The van der Waals surface area contributed by atoms with Gasteiger partial charge < -0.3 is 9.63 Å². The second-order valence-corrected chi connectivity index (χ2v) is 3.77. The number of carbonyl (C=O) groups is 1. The molecule has 0 saturated heterocycles. The van der Waals surface area contributed by atoms with Gasteiger partial charge in [0.1, 0.15) is 5.69 Å². The van der Waals surface area contributed by atoms with Gasteiger partial charge in [0.25, 0.3) is 0 Å². The van der Waals surface area contributed by atoms with E-state index in [-0.39, 0.29) is 5.76 Å². The summed E-state index contributed by atoms with van der Waals surface area (Å²) >= 11 is 5.99. The number of aryl methyl sites for hydroxylation is 1. The van der Waals surface area contributed by atoms with Crippen molar-refractivity contribution in [1.82, 2.24) is 5.16 Å². The maximum Gasteiger partial charge on any atom is 0.374 e. The lowest BCUT2D eigenvalue weighted by Gasteiger charge is -2.00. The van der Waals surface area contributed by atoms with Gasteiger partial charge in [-0.1, -0.05) is 28.4 Å². The minimum atomic E-state index is -1.15. The van der Waals surface area contributed by atoms with Crippen LogP contribution in [0, 0.1) is 6.92 Å². The number of nitrogens with zero attached hydrogens (tertiary/aromatic N) is 1. The highest BCUT2D eigenvalue weighted by Crippen LogP contribution is 2.28. The van der Waals surface area contributed by atoms with Crippen LogP contribution in [0.1, 0.15) is 16.1 Å². The predicted molar refractivity (Wildman–Crippen MR) is 58.6 cm³/mol. The predicted octanol–water partition coefficient (Wildman–Crippen LogP) is 3.00. The summed E-state index contributed by atoms with van der Waals surface area (Å²) in [7, 11) is 0. The second-order valence-electron chi connectivity index (χ2n) is 3.36. The summed E-state index contributed by atoms with van der Waals surface area (Å²) in [4.78, 5) is 10.6. The molecular weight excluding hydrogens is 230 g/mol. The van der Waals surface area contributed by atoms with Crippen LogP contribution in [0.25, 0.3) is 11.3 Å². The summed E-state index contributed by atoms with van der Waals surface area (Å²) in [5.74, 6) is -1.35. The molecule has 16 heavy (non-hydrogen) atoms. The summed E-state index contributed by atoms with van der Waals surface area (Å²) in [5, 5.41) is 12.9. The largest absolute Gasteiger partial charge is 0.475 e. The Labute approximate surface area is 96.4 Å². The monoisotopic (exact) mass is 237 g/mol. The Morgan fingerprint density at radius 1 is 1.44 bits per heavy atom. The Morgan fingerprint density at radius 3 is 2.81 bits per heavy atom. The van der Waals surface area contributed by atoms with E-state index in [1.54, 1.807) is 6.07 Å². The fourth-order valence-electron chi connectivity index (χ4n) is 1.34. The topological polar surface area (TPSA) is 63.3 Å². The summed E-state index contributed by atoms with van der Waals surface area (Å²) in [6.07, 6.45) is 0. The molecule has 2 rings (SSSR count). The number of aromatic nitrogens is 1. The van der Waals surface area contributed by atoms with Crippen molar-refractivity contribution in [2.45, 2.75) is 6.92 Å². The van der Waals surface area contributed by atoms with E-state index < -0.39 is 5.97 Å². The van der Waals surface area contributed by atoms with Gasteiger partial charge in [-0.15, -0.1) is 0 Å². The lowest BCUT2D eigenvalue weighted by Crippen LogP contribution is -1.91. The maximum absolute atomic E-state index is 10.6. The molecule has 4 nitrogen and oxygen atoms in total. The molecule has 0 atom stereocenters. The van der Waals surface area contributed by atoms with Crippen LogP contribution in [0.3, 0.4) is 0 Å². The Kier molecular flexibility index (Phi) is 2.66. The number of halogens is 1. The van der Waals surface area contributed by atoms with Crippen molar-refractivity contribution in [3.63, 3.8) is 0 Å². The van der Waals surface area contributed by atoms with Crippen LogP contribution in [0.4, 0.5) is 0 Å². The zero-order chi connectivity index (χ0) is 11.7. The molecule has 1 heterocycles. The number of carboxylic acids is 1. The highest BCUT2D eigenvalue weighted by Gasteiger charge is 2.14. The standard InChI is InChI=1S/C11H8ClNO3/c1-6-2-3-8(12)7(4-6)9-5-10(11(14)15)16-13-9/h2-5H,1H3,(H,14,15). The van der Waals surface area contributed by atoms with E-state index in [1.165, 1.54) is 6.07 Å². The van der Waals surface area contributed by atoms with Crippen LogP contribution in [0.15, 0.2) is 28.8 Å². The van der Waals surface area contributed by atoms with Crippen LogP contribution in [0.2, 0.25) is 5.02 Å². The van der Waals surface area contributed by atoms with Crippen molar-refractivity contribution < 1.29 is 14.4 Å². The maximum atomic E-state index is 10.6. The first-order chi connectivity index (χ1) is 7.58. The third-order valence-corrected chi connectivity index (χ3v) is 2.45. The Balaban J connectivity index is 2.50. The molecule has 0 saturated carbocycles. The third kappa shape index (κ3) is 1.92. The Bertz CT molecular complexity index is 548. The van der Waals surface area contributed by atoms with Crippen LogP contribution in [0.5, 0.6) is 0 Å². The summed E-state index contributed by atoms with van der Waals surface area (Å²) in [6, 6.07) is 6.78. The number of aromatic carboxylic acids is 1. The van der Waals surface area contributed by atoms with Gasteiger partial charge >= 0.3 is 5.97 Å². The smallest absolute Gasteiger partial charge is 0.374 e. The van der Waals surface area contributed by atoms with E-state index >= 15 is 0 Å². The van der Waals surface area contributed by atoms with Gasteiger partial charge in [-0.25, -0.2) is 4.79 Å². The molecule has 0 aliphatic carbocycles. The van der Waals surface area contributed by atoms with E-state index in [4.69, 9.17) is 16.7 Å². The lowest BCUT2D eigenvalue weighted by atomic mass is 10.1. The lowest BCUT2D eigenvalue weighted by molar-refractivity contribution is 0.0652. The zero-order valence-electron chi connectivity index (χ0n) is 8.40. The molecule has 0 unspecified atom stereocenters. The molecule has 1 aromatic carbocycles. The number of benzene rings is 1. The van der Waals surface area contributed by atoms with Crippen molar-refractivity contribution in [3.8, 4) is 11.3 Å². The third-order valence-electron chi connectivity index (χ3n) is 2.12. The van der Waals surface area contributed by atoms with Crippen LogP contribution in [-0.2, 0) is 0 Å². The first-order valence-corrected chi connectivity index (χ1v) is 4.92. The first-order valence-electron chi connectivity index (χ1n) is 4.54. The van der Waals surface area contributed by atoms with Crippen LogP contribution in [-0.4, -0.2) is 16.2 Å². The van der Waals surface area contributed by atoms with E-state index in [9.17, 15) is 4.79 Å². The van der Waals surface area contributed by atoms with Gasteiger partial charge in [-0.2, -0.15) is 0 Å². The van der Waals surface area contributed by atoms with Crippen molar-refractivity contribution in [1.29, 1.82) is 0 Å². The van der Waals surface area contributed by atoms with Crippen LogP contribution < -0.4 is 0 Å². The molecule has 82 valence electrons. The number of rotatable bonds is 2. The van der Waals surface area contributed by atoms with Gasteiger partial charge in [0.05, 0.1) is 5.02 Å². The molecule has 0 aliphatic rings. The number of hydrogen-bond donors (Lipinski definition) is 1. The molecule has 1 aromatic heterocycles. The van der Waals surface area contributed by atoms with E-state index in [0.717, 1.165) is 5.56 Å². The fourth-order valence-corrected chi connectivity index (χ4v) is 1.55. The molecule has 5 heteroatoms. The minimum Gasteiger partial charge on any atom is -0.475 e. The SMILES string of the molecule is Cc1ccc(Cl)c(-c2cc(C(=O)O)on2)c1. The highest BCUT2D eigenvalue weighted by molar-refractivity contribution is 6.33. The van der Waals surface area contributed by atoms with E-state index in [1.807, 2.05) is 19.1 Å². The minimum absolute atomic E-state index is 0.201. The normalized spacial score (nSPS) is 10.4. The molecule has 0 amide bonds. The number of hydrogen-bond acceptors (Lipinski definition) is 3. The summed E-state index contributed by atoms with van der Waals surface area (Å²) in [5.41, 5.74) is 2.10. The molecule has 0 fully saturated rings. The van der Waals surface area contributed by atoms with E-state index in [2.05, 4.69) is 9.68 Å². The average Bonchev–Trinajstić information content (AvgIpc) is 2.70. The summed E-state index contributed by atoms with van der Waals surface area (Å²) < 4.78 is 4.67. The highest BCUT2D eigenvalue weighted by atomic mass is 35.5. The molecule has 2 aromatic rings. The molecule has 0 bridgehead atoms. The quantitative estimate of drug-likeness (QED) is 0.872. The number of carboxylic acid groups (broad SMARTS) is 1. The average molecular weight is 238 g/mol. The van der Waals surface area contributed by atoms with Crippen molar-refractivity contribution in [3.05, 3.63) is 40.6 Å². The van der Waals surface area contributed by atoms with Crippen molar-refractivity contribution in [2.75, 3.05) is 0 Å². The van der Waals surface area contributed by atoms with Crippen LogP contribution >= 0.6 is 11.6 Å². The van der Waals surface area contributed by atoms with Gasteiger partial charge in [0, 0.05) is 11.6 Å². The summed E-state index contributed by atoms with van der Waals surface area (Å²) in [6.45, 7) is 1.91. The second kappa shape index (κ2) is 3.98. The zero-order valence-corrected chi connectivity index (χ0v) is 9.15. The van der Waals surface area contributed by atoms with Crippen molar-refractivity contribution >= 4 is 17.6 Å². The Morgan fingerprint density at radius 2 is 2.19 bits per heavy atom. The van der Waals surface area contributed by atoms with Gasteiger partial charge in [0.2, 0.25) is 5.76 Å². The first kappa shape index (κ1) is 10.7. The fraction of sp³-hybridized carbons (Fsp3) is 0.0909. The molecule has 1 N–H and O–H groups in total. The molecule has 0 aliphatic heterocycles. The van der Waals surface area contributed by atoms with Gasteiger partial charge in [0.15, 0.2) is 0 Å².